The molecule has 0 bridgehead atoms. The van der Waals surface area contributed by atoms with E-state index in [1.54, 1.807) is 24.3 Å². The molecule has 0 radical (unpaired) electrons. The SMILES string of the molecule is CCOc1ccc(N(CC(=O)N(Cc2ccc(C)cc2)[C@@H](Cc2ccccc2)C(=O)NC(C)C)S(=O)(=O)c2ccc(Cl)cc2)cc1. The van der Waals surface area contributed by atoms with Gasteiger partial charge < -0.3 is 15.0 Å². The molecule has 0 heterocycles. The summed E-state index contributed by atoms with van der Waals surface area (Å²) in [6, 6.07) is 28.4. The zero-order chi connectivity index (χ0) is 33.3. The van der Waals surface area contributed by atoms with Crippen LogP contribution in [0.5, 0.6) is 5.75 Å². The second-order valence-electron chi connectivity index (χ2n) is 11.3. The topological polar surface area (TPSA) is 96.0 Å². The lowest BCUT2D eigenvalue weighted by atomic mass is 10.0. The number of nitrogens with zero attached hydrogens (tertiary/aromatic N) is 2. The molecule has 0 aromatic heterocycles. The van der Waals surface area contributed by atoms with Crippen LogP contribution in [0.4, 0.5) is 5.69 Å². The molecule has 0 spiro atoms. The van der Waals surface area contributed by atoms with Gasteiger partial charge in [-0.15, -0.1) is 0 Å². The summed E-state index contributed by atoms with van der Waals surface area (Å²) < 4.78 is 34.9. The first kappa shape index (κ1) is 34.5. The van der Waals surface area contributed by atoms with Gasteiger partial charge >= 0.3 is 0 Å². The molecular weight excluding hydrogens is 622 g/mol. The van der Waals surface area contributed by atoms with Crippen LogP contribution in [0.3, 0.4) is 0 Å². The summed E-state index contributed by atoms with van der Waals surface area (Å²) in [7, 11) is -4.24. The number of halogens is 1. The fraction of sp³-hybridized carbons (Fsp3) is 0.278. The van der Waals surface area contributed by atoms with Crippen molar-refractivity contribution in [1.29, 1.82) is 0 Å². The Bertz CT molecular complexity index is 1700. The third kappa shape index (κ3) is 9.11. The van der Waals surface area contributed by atoms with Crippen LogP contribution in [0.2, 0.25) is 5.02 Å². The van der Waals surface area contributed by atoms with Gasteiger partial charge in [-0.3, -0.25) is 13.9 Å². The van der Waals surface area contributed by atoms with Crippen LogP contribution in [-0.2, 0) is 32.6 Å². The summed E-state index contributed by atoms with van der Waals surface area (Å²) >= 11 is 6.06. The van der Waals surface area contributed by atoms with Gasteiger partial charge in [-0.05, 0) is 87.4 Å². The molecule has 0 aliphatic carbocycles. The molecule has 0 aliphatic heterocycles. The summed E-state index contributed by atoms with van der Waals surface area (Å²) in [5, 5.41) is 3.35. The van der Waals surface area contributed by atoms with Crippen LogP contribution in [-0.4, -0.2) is 50.4 Å². The van der Waals surface area contributed by atoms with E-state index in [9.17, 15) is 18.0 Å². The fourth-order valence-electron chi connectivity index (χ4n) is 4.96. The van der Waals surface area contributed by atoms with Crippen molar-refractivity contribution in [1.82, 2.24) is 10.2 Å². The van der Waals surface area contributed by atoms with Crippen LogP contribution in [0, 0.1) is 6.92 Å². The van der Waals surface area contributed by atoms with Crippen molar-refractivity contribution in [3.8, 4) is 5.75 Å². The third-order valence-corrected chi connectivity index (χ3v) is 9.33. The molecule has 4 rings (SSSR count). The van der Waals surface area contributed by atoms with Gasteiger partial charge in [0, 0.05) is 24.0 Å². The number of sulfonamides is 1. The molecule has 8 nitrogen and oxygen atoms in total. The van der Waals surface area contributed by atoms with E-state index >= 15 is 0 Å². The van der Waals surface area contributed by atoms with Crippen LogP contribution >= 0.6 is 11.6 Å². The molecule has 242 valence electrons. The van der Waals surface area contributed by atoms with Crippen LogP contribution < -0.4 is 14.4 Å². The van der Waals surface area contributed by atoms with E-state index in [0.29, 0.717) is 17.4 Å². The standard InChI is InChI=1S/C36H40ClN3O5S/c1-5-45-32-19-17-31(18-20-32)40(46(43,44)33-21-15-30(37)16-22-33)25-35(41)39(24-29-13-11-27(4)12-14-29)34(36(42)38-26(2)3)23-28-9-7-6-8-10-28/h6-22,26,34H,5,23-25H2,1-4H3,(H,38,42)/t34-/m0/s1. The van der Waals surface area contributed by atoms with Crippen molar-refractivity contribution in [2.24, 2.45) is 0 Å². The lowest BCUT2D eigenvalue weighted by Gasteiger charge is -2.34. The quantitative estimate of drug-likeness (QED) is 0.169. The first-order valence-electron chi connectivity index (χ1n) is 15.2. The smallest absolute Gasteiger partial charge is 0.264 e. The molecule has 0 saturated heterocycles. The van der Waals surface area contributed by atoms with E-state index in [4.69, 9.17) is 16.3 Å². The number of aryl methyl sites for hydroxylation is 1. The highest BCUT2D eigenvalue weighted by atomic mass is 35.5. The van der Waals surface area contributed by atoms with E-state index in [0.717, 1.165) is 21.0 Å². The van der Waals surface area contributed by atoms with E-state index in [-0.39, 0.29) is 35.5 Å². The Balaban J connectivity index is 1.80. The molecule has 4 aromatic rings. The average molecular weight is 662 g/mol. The Labute approximate surface area is 277 Å². The molecule has 4 aromatic carbocycles. The number of carbonyl (C=O) groups excluding carboxylic acids is 2. The summed E-state index contributed by atoms with van der Waals surface area (Å²) in [4.78, 5) is 29.8. The highest BCUT2D eigenvalue weighted by molar-refractivity contribution is 7.92. The lowest BCUT2D eigenvalue weighted by Crippen LogP contribution is -2.54. The van der Waals surface area contributed by atoms with Gasteiger partial charge in [0.05, 0.1) is 17.2 Å². The first-order valence-corrected chi connectivity index (χ1v) is 17.0. The lowest BCUT2D eigenvalue weighted by molar-refractivity contribution is -0.140. The third-order valence-electron chi connectivity index (χ3n) is 7.29. The highest BCUT2D eigenvalue weighted by Crippen LogP contribution is 2.28. The highest BCUT2D eigenvalue weighted by Gasteiger charge is 2.35. The van der Waals surface area contributed by atoms with Crippen molar-refractivity contribution < 1.29 is 22.7 Å². The van der Waals surface area contributed by atoms with E-state index in [1.807, 2.05) is 82.3 Å². The molecule has 0 unspecified atom stereocenters. The van der Waals surface area contributed by atoms with E-state index in [1.165, 1.54) is 29.2 Å². The predicted octanol–water partition coefficient (Wildman–Crippen LogP) is 6.41. The van der Waals surface area contributed by atoms with E-state index < -0.39 is 28.5 Å². The van der Waals surface area contributed by atoms with Gasteiger partial charge in [0.15, 0.2) is 0 Å². The molecule has 10 heteroatoms. The normalized spacial score (nSPS) is 12.0. The molecule has 1 N–H and O–H groups in total. The Morgan fingerprint density at radius 1 is 0.848 bits per heavy atom. The number of hydrogen-bond acceptors (Lipinski definition) is 5. The van der Waals surface area contributed by atoms with Gasteiger partial charge in [0.2, 0.25) is 11.8 Å². The Kier molecular flexibility index (Phi) is 11.8. The fourth-order valence-corrected chi connectivity index (χ4v) is 6.50. The second-order valence-corrected chi connectivity index (χ2v) is 13.6. The first-order chi connectivity index (χ1) is 22.0. The van der Waals surface area contributed by atoms with Gasteiger partial charge in [0.1, 0.15) is 18.3 Å². The van der Waals surface area contributed by atoms with Crippen molar-refractivity contribution in [3.05, 3.63) is 125 Å². The number of anilines is 1. The van der Waals surface area contributed by atoms with Crippen molar-refractivity contribution in [2.75, 3.05) is 17.5 Å². The van der Waals surface area contributed by atoms with Crippen LogP contribution in [0.15, 0.2) is 108 Å². The zero-order valence-corrected chi connectivity index (χ0v) is 28.1. The number of hydrogen-bond donors (Lipinski definition) is 1. The summed E-state index contributed by atoms with van der Waals surface area (Å²) in [5.74, 6) is -0.296. The number of nitrogens with one attached hydrogen (secondary N) is 1. The number of ether oxygens (including phenoxy) is 1. The average Bonchev–Trinajstić information content (AvgIpc) is 3.03. The summed E-state index contributed by atoms with van der Waals surface area (Å²) in [6.45, 7) is 7.53. The number of rotatable bonds is 14. The Morgan fingerprint density at radius 2 is 1.48 bits per heavy atom. The second kappa shape index (κ2) is 15.8. The van der Waals surface area contributed by atoms with Crippen molar-refractivity contribution >= 4 is 39.1 Å². The Morgan fingerprint density at radius 3 is 2.07 bits per heavy atom. The van der Waals surface area contributed by atoms with Gasteiger partial charge in [-0.25, -0.2) is 8.42 Å². The minimum atomic E-state index is -4.24. The molecule has 1 atom stereocenters. The number of amides is 2. The zero-order valence-electron chi connectivity index (χ0n) is 26.5. The molecule has 0 aliphatic rings. The maximum absolute atomic E-state index is 14.5. The van der Waals surface area contributed by atoms with Crippen LogP contribution in [0.25, 0.3) is 0 Å². The minimum absolute atomic E-state index is 0.0259. The van der Waals surface area contributed by atoms with Crippen molar-refractivity contribution in [2.45, 2.75) is 57.6 Å². The molecule has 0 fully saturated rings. The van der Waals surface area contributed by atoms with Gasteiger partial charge in [-0.2, -0.15) is 0 Å². The summed E-state index contributed by atoms with van der Waals surface area (Å²) in [5.41, 5.74) is 3.00. The molecule has 0 saturated carbocycles. The Hall–Kier alpha value is -4.34. The molecule has 46 heavy (non-hydrogen) atoms. The predicted molar refractivity (Wildman–Crippen MR) is 183 cm³/mol. The van der Waals surface area contributed by atoms with Crippen LogP contribution in [0.1, 0.15) is 37.5 Å². The van der Waals surface area contributed by atoms with Gasteiger partial charge in [-0.1, -0.05) is 71.8 Å². The maximum atomic E-state index is 14.5. The number of benzene rings is 4. The summed E-state index contributed by atoms with van der Waals surface area (Å²) in [6.07, 6.45) is 0.240. The molecule has 2 amide bonds. The van der Waals surface area contributed by atoms with E-state index in [2.05, 4.69) is 5.32 Å². The largest absolute Gasteiger partial charge is 0.494 e. The minimum Gasteiger partial charge on any atom is -0.494 e. The van der Waals surface area contributed by atoms with Gasteiger partial charge in [0.25, 0.3) is 10.0 Å². The molecular formula is C36H40ClN3O5S. The maximum Gasteiger partial charge on any atom is 0.264 e. The monoisotopic (exact) mass is 661 g/mol. The number of carbonyl (C=O) groups is 2. The van der Waals surface area contributed by atoms with Crippen molar-refractivity contribution in [3.63, 3.8) is 0 Å².